The molecule has 0 aliphatic rings. The monoisotopic (exact) mass is 353 g/mol. The smallest absolute Gasteiger partial charge is 0.269 e. The van der Waals surface area contributed by atoms with Crippen LogP contribution in [-0.4, -0.2) is 32.8 Å². The Kier molecular flexibility index (Phi) is 4.96. The lowest BCUT2D eigenvalue weighted by Gasteiger charge is -2.25. The first-order valence-corrected chi connectivity index (χ1v) is 9.77. The Balaban J connectivity index is 2.10. The molecule has 0 fully saturated rings. The van der Waals surface area contributed by atoms with Gasteiger partial charge in [0.25, 0.3) is 5.91 Å². The first kappa shape index (κ1) is 17.3. The maximum absolute atomic E-state index is 12.3. The van der Waals surface area contributed by atoms with E-state index in [9.17, 15) is 9.00 Å². The summed E-state index contributed by atoms with van der Waals surface area (Å²) in [5.41, 5.74) is -0.483. The van der Waals surface area contributed by atoms with Gasteiger partial charge in [0.2, 0.25) is 0 Å². The number of ether oxygens (including phenoxy) is 1. The van der Waals surface area contributed by atoms with Crippen molar-refractivity contribution in [2.75, 3.05) is 16.3 Å². The number of hydrogen-bond acceptors (Lipinski definition) is 5. The number of nitrogens with one attached hydrogen (secondary N) is 2. The largest absolute Gasteiger partial charge is 0.478 e. The van der Waals surface area contributed by atoms with Gasteiger partial charge in [0.05, 0.1) is 0 Å². The highest BCUT2D eigenvalue weighted by Crippen LogP contribution is 2.24. The molecule has 1 unspecified atom stereocenters. The van der Waals surface area contributed by atoms with Crippen LogP contribution in [0, 0.1) is 0 Å². The zero-order valence-electron chi connectivity index (χ0n) is 13.2. The lowest BCUT2D eigenvalue weighted by molar-refractivity contribution is -0.128. The Hall–Kier alpha value is -2.06. The Labute approximate surface area is 140 Å². The third kappa shape index (κ3) is 5.26. The van der Waals surface area contributed by atoms with Crippen molar-refractivity contribution in [2.24, 2.45) is 0 Å². The highest BCUT2D eigenvalue weighted by atomic mass is 32.2. The van der Waals surface area contributed by atoms with Crippen LogP contribution in [0.2, 0.25) is 0 Å². The second-order valence-corrected chi connectivity index (χ2v) is 8.65. The Morgan fingerprint density at radius 3 is 2.78 bits per heavy atom. The second kappa shape index (κ2) is 6.59. The molecule has 0 bridgehead atoms. The maximum atomic E-state index is 12.3. The first-order chi connectivity index (χ1) is 10.7. The molecule has 8 heteroatoms. The van der Waals surface area contributed by atoms with E-state index in [-0.39, 0.29) is 5.91 Å². The minimum Gasteiger partial charge on any atom is -0.478 e. The van der Waals surface area contributed by atoms with Gasteiger partial charge < -0.3 is 9.46 Å². The van der Waals surface area contributed by atoms with Crippen molar-refractivity contribution in [2.45, 2.75) is 19.4 Å². The minimum absolute atomic E-state index is 0.303. The van der Waals surface area contributed by atoms with Gasteiger partial charge in [0, 0.05) is 39.3 Å². The zero-order chi connectivity index (χ0) is 17.1. The maximum Gasteiger partial charge on any atom is 0.269 e. The van der Waals surface area contributed by atoms with Gasteiger partial charge in [-0.3, -0.25) is 10.1 Å². The number of thiazole rings is 1. The standard InChI is InChI=1S/C15H19N3O3S2/c1-15(2,13(19)17-14-16-8-9-22-14)21-12-7-5-6-11(10-12)18-23(3,4)20/h5-10H,3H2,1-2,4H3,(H,18,20)(H,16,17,19). The van der Waals surface area contributed by atoms with Crippen molar-refractivity contribution < 1.29 is 13.7 Å². The van der Waals surface area contributed by atoms with Crippen LogP contribution < -0.4 is 14.8 Å². The van der Waals surface area contributed by atoms with Gasteiger partial charge in [-0.25, -0.2) is 9.19 Å². The molecule has 1 aromatic carbocycles. The number of amides is 1. The lowest BCUT2D eigenvalue weighted by atomic mass is 10.1. The van der Waals surface area contributed by atoms with Crippen LogP contribution in [0.3, 0.4) is 0 Å². The van der Waals surface area contributed by atoms with Gasteiger partial charge in [0.1, 0.15) is 5.75 Å². The van der Waals surface area contributed by atoms with E-state index in [0.717, 1.165) is 0 Å². The van der Waals surface area contributed by atoms with E-state index < -0.39 is 15.3 Å². The molecule has 0 radical (unpaired) electrons. The van der Waals surface area contributed by atoms with Crippen molar-refractivity contribution in [3.8, 4) is 5.75 Å². The quantitative estimate of drug-likeness (QED) is 0.782. The Morgan fingerprint density at radius 2 is 2.17 bits per heavy atom. The summed E-state index contributed by atoms with van der Waals surface area (Å²) in [5.74, 6) is 3.73. The third-order valence-electron chi connectivity index (χ3n) is 2.74. The summed E-state index contributed by atoms with van der Waals surface area (Å²) in [6.07, 6.45) is 3.12. The number of benzene rings is 1. The first-order valence-electron chi connectivity index (χ1n) is 6.76. The fourth-order valence-electron chi connectivity index (χ4n) is 1.75. The van der Waals surface area contributed by atoms with E-state index in [1.54, 1.807) is 49.7 Å². The average Bonchev–Trinajstić information content (AvgIpc) is 2.89. The number of carbonyl (C=O) groups excluding carboxylic acids is 1. The predicted octanol–water partition coefficient (Wildman–Crippen LogP) is 2.61. The zero-order valence-corrected chi connectivity index (χ0v) is 14.8. The summed E-state index contributed by atoms with van der Waals surface area (Å²) in [6.45, 7) is 3.33. The van der Waals surface area contributed by atoms with Crippen LogP contribution in [0.25, 0.3) is 0 Å². The third-order valence-corrected chi connectivity index (χ3v) is 4.10. The average molecular weight is 353 g/mol. The molecule has 6 nitrogen and oxygen atoms in total. The summed E-state index contributed by atoms with van der Waals surface area (Å²) in [5, 5.41) is 5.00. The highest BCUT2D eigenvalue weighted by Gasteiger charge is 2.30. The van der Waals surface area contributed by atoms with Gasteiger partial charge >= 0.3 is 0 Å². The van der Waals surface area contributed by atoms with E-state index >= 15 is 0 Å². The van der Waals surface area contributed by atoms with Crippen molar-refractivity contribution in [1.29, 1.82) is 0 Å². The summed E-state index contributed by atoms with van der Waals surface area (Å²) >= 11 is 1.33. The van der Waals surface area contributed by atoms with Crippen LogP contribution in [0.5, 0.6) is 5.75 Å². The molecule has 1 atom stereocenters. The Bertz CT molecular complexity index is 784. The highest BCUT2D eigenvalue weighted by molar-refractivity contribution is 8.00. The number of hydrogen-bond donors (Lipinski definition) is 2. The molecule has 0 saturated carbocycles. The van der Waals surface area contributed by atoms with Gasteiger partial charge in [-0.05, 0) is 31.9 Å². The van der Waals surface area contributed by atoms with Crippen molar-refractivity contribution in [3.63, 3.8) is 0 Å². The number of nitrogens with zero attached hydrogens (tertiary/aromatic N) is 1. The van der Waals surface area contributed by atoms with Crippen LogP contribution in [-0.2, 0) is 14.5 Å². The van der Waals surface area contributed by atoms with Gasteiger partial charge in [-0.1, -0.05) is 6.07 Å². The van der Waals surface area contributed by atoms with E-state index in [0.29, 0.717) is 16.6 Å². The van der Waals surface area contributed by atoms with E-state index in [1.165, 1.54) is 17.6 Å². The van der Waals surface area contributed by atoms with Crippen LogP contribution in [0.4, 0.5) is 10.8 Å². The molecular weight excluding hydrogens is 334 g/mol. The lowest BCUT2D eigenvalue weighted by Crippen LogP contribution is -2.42. The second-order valence-electron chi connectivity index (χ2n) is 5.54. The molecule has 1 aromatic heterocycles. The van der Waals surface area contributed by atoms with Gasteiger partial charge in [-0.15, -0.1) is 11.3 Å². The summed E-state index contributed by atoms with van der Waals surface area (Å²) < 4.78 is 20.3. The molecule has 2 rings (SSSR count). The molecule has 124 valence electrons. The molecule has 1 amide bonds. The van der Waals surface area contributed by atoms with Crippen molar-refractivity contribution >= 4 is 43.6 Å². The Morgan fingerprint density at radius 1 is 1.43 bits per heavy atom. The van der Waals surface area contributed by atoms with Crippen LogP contribution in [0.15, 0.2) is 35.8 Å². The van der Waals surface area contributed by atoms with E-state index in [1.807, 2.05) is 0 Å². The predicted molar refractivity (Wildman–Crippen MR) is 96.7 cm³/mol. The topological polar surface area (TPSA) is 80.3 Å². The van der Waals surface area contributed by atoms with Crippen molar-refractivity contribution in [3.05, 3.63) is 35.8 Å². The fraction of sp³-hybridized carbons (Fsp3) is 0.267. The number of aromatic nitrogens is 1. The van der Waals surface area contributed by atoms with Crippen molar-refractivity contribution in [1.82, 2.24) is 4.98 Å². The summed E-state index contributed by atoms with van der Waals surface area (Å²) in [7, 11) is -2.38. The van der Waals surface area contributed by atoms with Gasteiger partial charge in [-0.2, -0.15) is 0 Å². The van der Waals surface area contributed by atoms with E-state index in [2.05, 4.69) is 20.9 Å². The molecule has 1 heterocycles. The summed E-state index contributed by atoms with van der Waals surface area (Å²) in [6, 6.07) is 6.90. The minimum atomic E-state index is -2.38. The molecule has 2 N–H and O–H groups in total. The number of anilines is 2. The van der Waals surface area contributed by atoms with E-state index in [4.69, 9.17) is 4.74 Å². The fourth-order valence-corrected chi connectivity index (χ4v) is 2.90. The number of carbonyl (C=O) groups is 1. The van der Waals surface area contributed by atoms with Gasteiger partial charge in [0.15, 0.2) is 10.7 Å². The number of rotatable bonds is 6. The molecule has 0 aliphatic carbocycles. The summed E-state index contributed by atoms with van der Waals surface area (Å²) in [4.78, 5) is 16.3. The molecular formula is C15H19N3O3S2. The SMILES string of the molecule is C=S(C)(=O)Nc1cccc(OC(C)(C)C(=O)Nc2nccs2)c1. The van der Waals surface area contributed by atoms with Crippen LogP contribution >= 0.6 is 11.3 Å². The molecule has 0 saturated heterocycles. The molecule has 23 heavy (non-hydrogen) atoms. The normalized spacial score (nSPS) is 13.9. The van der Waals surface area contributed by atoms with Crippen LogP contribution in [0.1, 0.15) is 13.8 Å². The molecule has 0 spiro atoms. The molecule has 0 aliphatic heterocycles. The molecule has 2 aromatic rings.